The van der Waals surface area contributed by atoms with Crippen molar-refractivity contribution in [2.75, 3.05) is 0 Å². The molecule has 0 bridgehead atoms. The average molecular weight is 242 g/mol. The van der Waals surface area contributed by atoms with E-state index in [2.05, 4.69) is 23.5 Å². The minimum absolute atomic E-state index is 0.0170. The fourth-order valence-electron chi connectivity index (χ4n) is 2.79. The molecule has 1 aromatic carbocycles. The Morgan fingerprint density at radius 1 is 1.11 bits per heavy atom. The third-order valence-corrected chi connectivity index (χ3v) is 3.88. The largest absolute Gasteiger partial charge is 0.298 e. The second-order valence-corrected chi connectivity index (χ2v) is 5.22. The molecule has 18 heavy (non-hydrogen) atoms. The van der Waals surface area contributed by atoms with Crippen LogP contribution in [-0.2, 0) is 6.54 Å². The van der Waals surface area contributed by atoms with E-state index in [0.29, 0.717) is 5.92 Å². The molecule has 0 saturated heterocycles. The monoisotopic (exact) mass is 242 g/mol. The third-order valence-electron chi connectivity index (χ3n) is 3.88. The molecule has 1 unspecified atom stereocenters. The van der Waals surface area contributed by atoms with Gasteiger partial charge in [0, 0.05) is 6.54 Å². The van der Waals surface area contributed by atoms with Crippen LogP contribution in [0, 0.1) is 17.2 Å². The lowest BCUT2D eigenvalue weighted by molar-refractivity contribution is 0.369. The molecule has 1 aromatic rings. The second-order valence-electron chi connectivity index (χ2n) is 5.22. The van der Waals surface area contributed by atoms with Crippen LogP contribution in [0.2, 0.25) is 0 Å². The summed E-state index contributed by atoms with van der Waals surface area (Å²) in [4.78, 5) is 0. The van der Waals surface area contributed by atoms with E-state index in [4.69, 9.17) is 0 Å². The summed E-state index contributed by atoms with van der Waals surface area (Å²) in [5.74, 6) is 0.543. The van der Waals surface area contributed by atoms with Gasteiger partial charge in [0.25, 0.3) is 0 Å². The summed E-state index contributed by atoms with van der Waals surface area (Å²) in [5, 5.41) is 12.8. The maximum Gasteiger partial charge on any atom is 0.0984 e. The van der Waals surface area contributed by atoms with E-state index in [1.807, 2.05) is 18.2 Å². The summed E-state index contributed by atoms with van der Waals surface area (Å²) < 4.78 is 0. The fourth-order valence-corrected chi connectivity index (χ4v) is 2.79. The summed E-state index contributed by atoms with van der Waals surface area (Å²) >= 11 is 0. The van der Waals surface area contributed by atoms with Crippen LogP contribution in [0.1, 0.15) is 44.1 Å². The average Bonchev–Trinajstić information content (AvgIpc) is 2.70. The van der Waals surface area contributed by atoms with Crippen LogP contribution >= 0.6 is 0 Å². The standard InChI is InChI=1S/C16H22N2/c17-12-16(15-10-6-1-2-7-11-15)18-13-14-8-4-3-5-9-14/h3-5,8-9,15-16,18H,1-2,6-7,10-11,13H2. The van der Waals surface area contributed by atoms with Gasteiger partial charge in [0.15, 0.2) is 0 Å². The molecular formula is C16H22N2. The lowest BCUT2D eigenvalue weighted by Gasteiger charge is -2.21. The van der Waals surface area contributed by atoms with Gasteiger partial charge < -0.3 is 0 Å². The number of nitriles is 1. The number of hydrogen-bond acceptors (Lipinski definition) is 2. The first-order valence-corrected chi connectivity index (χ1v) is 7.07. The fraction of sp³-hybridized carbons (Fsp3) is 0.562. The van der Waals surface area contributed by atoms with Gasteiger partial charge in [0.05, 0.1) is 12.1 Å². The first kappa shape index (κ1) is 13.1. The molecule has 1 aliphatic rings. The van der Waals surface area contributed by atoms with Gasteiger partial charge in [-0.1, -0.05) is 56.0 Å². The molecular weight excluding hydrogens is 220 g/mol. The van der Waals surface area contributed by atoms with Crippen molar-refractivity contribution in [3.05, 3.63) is 35.9 Å². The van der Waals surface area contributed by atoms with Crippen LogP contribution < -0.4 is 5.32 Å². The summed E-state index contributed by atoms with van der Waals surface area (Å²) in [6, 6.07) is 12.8. The molecule has 2 rings (SSSR count). The van der Waals surface area contributed by atoms with Gasteiger partial charge in [-0.2, -0.15) is 5.26 Å². The van der Waals surface area contributed by atoms with Crippen molar-refractivity contribution in [1.82, 2.24) is 5.32 Å². The van der Waals surface area contributed by atoms with Crippen LogP contribution in [-0.4, -0.2) is 6.04 Å². The third kappa shape index (κ3) is 3.85. The van der Waals surface area contributed by atoms with Gasteiger partial charge in [0.1, 0.15) is 0 Å². The minimum Gasteiger partial charge on any atom is -0.298 e. The van der Waals surface area contributed by atoms with Gasteiger partial charge >= 0.3 is 0 Å². The van der Waals surface area contributed by atoms with E-state index in [-0.39, 0.29) is 6.04 Å². The number of hydrogen-bond donors (Lipinski definition) is 1. The van der Waals surface area contributed by atoms with E-state index >= 15 is 0 Å². The summed E-state index contributed by atoms with van der Waals surface area (Å²) in [6.07, 6.45) is 7.67. The van der Waals surface area contributed by atoms with Crippen molar-refractivity contribution < 1.29 is 0 Å². The number of benzene rings is 1. The Morgan fingerprint density at radius 2 is 1.78 bits per heavy atom. The second kappa shape index (κ2) is 7.18. The van der Waals surface area contributed by atoms with Crippen molar-refractivity contribution in [2.45, 2.75) is 51.1 Å². The zero-order valence-electron chi connectivity index (χ0n) is 10.9. The summed E-state index contributed by atoms with van der Waals surface area (Å²) in [5.41, 5.74) is 1.26. The van der Waals surface area contributed by atoms with Gasteiger partial charge in [-0.3, -0.25) is 5.32 Å². The van der Waals surface area contributed by atoms with Crippen molar-refractivity contribution >= 4 is 0 Å². The number of nitrogens with one attached hydrogen (secondary N) is 1. The highest BCUT2D eigenvalue weighted by atomic mass is 14.9. The first-order chi connectivity index (χ1) is 8.90. The molecule has 1 fully saturated rings. The molecule has 0 heterocycles. The molecule has 0 aromatic heterocycles. The summed E-state index contributed by atoms with van der Waals surface area (Å²) in [6.45, 7) is 0.801. The highest BCUT2D eigenvalue weighted by Gasteiger charge is 2.21. The number of rotatable bonds is 4. The predicted molar refractivity (Wildman–Crippen MR) is 73.9 cm³/mol. The highest BCUT2D eigenvalue weighted by molar-refractivity contribution is 5.14. The lowest BCUT2D eigenvalue weighted by Crippen LogP contribution is -2.34. The quantitative estimate of drug-likeness (QED) is 0.818. The SMILES string of the molecule is N#CC(NCc1ccccc1)C1CCCCCC1. The topological polar surface area (TPSA) is 35.8 Å². The predicted octanol–water partition coefficient (Wildman–Crippen LogP) is 3.64. The number of nitrogens with zero attached hydrogens (tertiary/aromatic N) is 1. The van der Waals surface area contributed by atoms with Crippen LogP contribution in [0.5, 0.6) is 0 Å². The molecule has 0 amide bonds. The molecule has 1 saturated carbocycles. The normalized spacial score (nSPS) is 18.8. The maximum atomic E-state index is 9.34. The van der Waals surface area contributed by atoms with E-state index in [0.717, 1.165) is 6.54 Å². The van der Waals surface area contributed by atoms with Gasteiger partial charge in [-0.15, -0.1) is 0 Å². The van der Waals surface area contributed by atoms with Crippen molar-refractivity contribution in [2.24, 2.45) is 5.92 Å². The maximum absolute atomic E-state index is 9.34. The molecule has 2 nitrogen and oxygen atoms in total. The van der Waals surface area contributed by atoms with Gasteiger partial charge in [-0.25, -0.2) is 0 Å². The Bertz CT molecular complexity index is 372. The highest BCUT2D eigenvalue weighted by Crippen LogP contribution is 2.25. The van der Waals surface area contributed by atoms with Crippen LogP contribution in [0.4, 0.5) is 0 Å². The van der Waals surface area contributed by atoms with Crippen LogP contribution in [0.15, 0.2) is 30.3 Å². The van der Waals surface area contributed by atoms with Crippen molar-refractivity contribution in [3.8, 4) is 6.07 Å². The smallest absolute Gasteiger partial charge is 0.0984 e. The molecule has 0 spiro atoms. The Morgan fingerprint density at radius 3 is 2.39 bits per heavy atom. The molecule has 1 atom stereocenters. The van der Waals surface area contributed by atoms with Crippen LogP contribution in [0.25, 0.3) is 0 Å². The summed E-state index contributed by atoms with van der Waals surface area (Å²) in [7, 11) is 0. The van der Waals surface area contributed by atoms with E-state index < -0.39 is 0 Å². The minimum atomic E-state index is 0.0170. The Balaban J connectivity index is 1.87. The van der Waals surface area contributed by atoms with E-state index in [9.17, 15) is 5.26 Å². The molecule has 2 heteroatoms. The zero-order valence-corrected chi connectivity index (χ0v) is 10.9. The van der Waals surface area contributed by atoms with Gasteiger partial charge in [0.2, 0.25) is 0 Å². The Kier molecular flexibility index (Phi) is 5.23. The van der Waals surface area contributed by atoms with E-state index in [1.54, 1.807) is 0 Å². The lowest BCUT2D eigenvalue weighted by atomic mass is 9.92. The van der Waals surface area contributed by atoms with Crippen molar-refractivity contribution in [3.63, 3.8) is 0 Å². The Labute approximate surface area is 110 Å². The zero-order chi connectivity index (χ0) is 12.6. The molecule has 0 aliphatic heterocycles. The molecule has 1 N–H and O–H groups in total. The first-order valence-electron chi connectivity index (χ1n) is 7.07. The Hall–Kier alpha value is -1.33. The van der Waals surface area contributed by atoms with Crippen LogP contribution in [0.3, 0.4) is 0 Å². The van der Waals surface area contributed by atoms with Gasteiger partial charge in [-0.05, 0) is 24.3 Å². The molecule has 96 valence electrons. The van der Waals surface area contributed by atoms with Crippen molar-refractivity contribution in [1.29, 1.82) is 5.26 Å². The van der Waals surface area contributed by atoms with E-state index in [1.165, 1.54) is 44.1 Å². The molecule has 1 aliphatic carbocycles. The molecule has 0 radical (unpaired) electrons.